The van der Waals surface area contributed by atoms with Gasteiger partial charge in [-0.25, -0.2) is 8.42 Å². The average Bonchev–Trinajstić information content (AvgIpc) is 3.13. The lowest BCUT2D eigenvalue weighted by atomic mass is 10.2. The monoisotopic (exact) mass is 384 g/mol. The highest BCUT2D eigenvalue weighted by Gasteiger charge is 2.29. The topological polar surface area (TPSA) is 105 Å². The molecule has 2 aliphatic heterocycles. The van der Waals surface area contributed by atoms with Crippen molar-refractivity contribution in [1.29, 1.82) is 0 Å². The standard InChI is InChI=1S/C16H24N4O5S/c1-18-6-8-19(9-7-18)26(23,24)14-4-5-15(16(11-14)20(21)22)17-12-13-3-2-10-25-13/h4-5,11,13,17H,2-3,6-10,12H2,1H3. The lowest BCUT2D eigenvalue weighted by molar-refractivity contribution is -0.384. The summed E-state index contributed by atoms with van der Waals surface area (Å²) in [6.07, 6.45) is 1.93. The summed E-state index contributed by atoms with van der Waals surface area (Å²) in [5.41, 5.74) is 0.0704. The van der Waals surface area contributed by atoms with E-state index in [0.717, 1.165) is 18.9 Å². The molecule has 0 aliphatic carbocycles. The fourth-order valence-corrected chi connectivity index (χ4v) is 4.62. The fourth-order valence-electron chi connectivity index (χ4n) is 3.18. The number of sulfonamides is 1. The van der Waals surface area contributed by atoms with Gasteiger partial charge in [0.2, 0.25) is 10.0 Å². The van der Waals surface area contributed by atoms with E-state index in [1.165, 1.54) is 16.4 Å². The summed E-state index contributed by atoms with van der Waals surface area (Å²) in [7, 11) is -1.81. The fraction of sp³-hybridized carbons (Fsp3) is 0.625. The van der Waals surface area contributed by atoms with E-state index in [2.05, 4.69) is 5.32 Å². The zero-order chi connectivity index (χ0) is 18.7. The van der Waals surface area contributed by atoms with Crippen molar-refractivity contribution in [3.05, 3.63) is 28.3 Å². The van der Waals surface area contributed by atoms with E-state index in [-0.39, 0.29) is 16.7 Å². The zero-order valence-corrected chi connectivity index (χ0v) is 15.6. The number of rotatable bonds is 6. The van der Waals surface area contributed by atoms with Gasteiger partial charge >= 0.3 is 0 Å². The third-order valence-corrected chi connectivity index (χ3v) is 6.70. The van der Waals surface area contributed by atoms with Crippen molar-refractivity contribution in [2.45, 2.75) is 23.8 Å². The number of nitrogens with zero attached hydrogens (tertiary/aromatic N) is 3. The zero-order valence-electron chi connectivity index (χ0n) is 14.8. The number of nitro groups is 1. The molecule has 2 fully saturated rings. The van der Waals surface area contributed by atoms with Crippen molar-refractivity contribution in [3.8, 4) is 0 Å². The minimum Gasteiger partial charge on any atom is -0.377 e. The molecule has 1 N–H and O–H groups in total. The van der Waals surface area contributed by atoms with E-state index in [1.54, 1.807) is 0 Å². The Kier molecular flexibility index (Phi) is 5.76. The van der Waals surface area contributed by atoms with Crippen molar-refractivity contribution in [1.82, 2.24) is 9.21 Å². The lowest BCUT2D eigenvalue weighted by Gasteiger charge is -2.31. The number of anilines is 1. The van der Waals surface area contributed by atoms with Gasteiger partial charge in [-0.15, -0.1) is 0 Å². The predicted octanol–water partition coefficient (Wildman–Crippen LogP) is 1.12. The molecule has 2 aliphatic rings. The number of piperazine rings is 1. The van der Waals surface area contributed by atoms with Gasteiger partial charge in [-0.1, -0.05) is 0 Å². The number of nitrogens with one attached hydrogen (secondary N) is 1. The van der Waals surface area contributed by atoms with Crippen LogP contribution in [-0.2, 0) is 14.8 Å². The van der Waals surface area contributed by atoms with Crippen molar-refractivity contribution in [3.63, 3.8) is 0 Å². The first-order chi connectivity index (χ1) is 12.4. The van der Waals surface area contributed by atoms with Crippen LogP contribution < -0.4 is 5.32 Å². The smallest absolute Gasteiger partial charge is 0.293 e. The van der Waals surface area contributed by atoms with Gasteiger partial charge in [-0.2, -0.15) is 4.31 Å². The largest absolute Gasteiger partial charge is 0.377 e. The molecule has 9 nitrogen and oxygen atoms in total. The first-order valence-electron chi connectivity index (χ1n) is 8.70. The molecular formula is C16H24N4O5S. The Bertz CT molecular complexity index is 756. The predicted molar refractivity (Wildman–Crippen MR) is 96.8 cm³/mol. The summed E-state index contributed by atoms with van der Waals surface area (Å²) in [5.74, 6) is 0. The Hall–Kier alpha value is -1.75. The van der Waals surface area contributed by atoms with Crippen molar-refractivity contribution in [2.75, 3.05) is 51.7 Å². The number of likely N-dealkylation sites (N-methyl/N-ethyl adjacent to an activating group) is 1. The third-order valence-electron chi connectivity index (χ3n) is 4.81. The quantitative estimate of drug-likeness (QED) is 0.579. The van der Waals surface area contributed by atoms with Gasteiger partial charge in [0.1, 0.15) is 5.69 Å². The van der Waals surface area contributed by atoms with E-state index in [0.29, 0.717) is 45.0 Å². The first-order valence-corrected chi connectivity index (χ1v) is 10.1. The molecule has 10 heteroatoms. The summed E-state index contributed by atoms with van der Waals surface area (Å²) >= 11 is 0. The molecule has 2 heterocycles. The van der Waals surface area contributed by atoms with Crippen LogP contribution in [0.3, 0.4) is 0 Å². The Labute approximate surface area is 153 Å². The van der Waals surface area contributed by atoms with Gasteiger partial charge < -0.3 is 15.0 Å². The second-order valence-electron chi connectivity index (χ2n) is 6.66. The maximum absolute atomic E-state index is 12.8. The maximum atomic E-state index is 12.8. The van der Waals surface area contributed by atoms with Gasteiger partial charge in [0, 0.05) is 45.4 Å². The summed E-state index contributed by atoms with van der Waals surface area (Å²) in [4.78, 5) is 12.9. The maximum Gasteiger partial charge on any atom is 0.293 e. The van der Waals surface area contributed by atoms with E-state index in [4.69, 9.17) is 4.74 Å². The Balaban J connectivity index is 1.79. The number of hydrogen-bond acceptors (Lipinski definition) is 7. The van der Waals surface area contributed by atoms with Crippen molar-refractivity contribution < 1.29 is 18.1 Å². The molecule has 0 bridgehead atoms. The molecule has 0 radical (unpaired) electrons. The van der Waals surface area contributed by atoms with Crippen LogP contribution in [0.2, 0.25) is 0 Å². The SMILES string of the molecule is CN1CCN(S(=O)(=O)c2ccc(NCC3CCCO3)c([N+](=O)[O-])c2)CC1. The highest BCUT2D eigenvalue weighted by Crippen LogP contribution is 2.29. The molecule has 1 aromatic rings. The normalized spacial score (nSPS) is 22.4. The molecule has 1 aromatic carbocycles. The number of ether oxygens (including phenoxy) is 1. The van der Waals surface area contributed by atoms with E-state index in [1.807, 2.05) is 11.9 Å². The van der Waals surface area contributed by atoms with Gasteiger partial charge in [-0.05, 0) is 32.0 Å². The third kappa shape index (κ3) is 4.14. The second kappa shape index (κ2) is 7.87. The summed E-state index contributed by atoms with van der Waals surface area (Å²) in [6.45, 7) is 3.21. The molecule has 0 spiro atoms. The Morgan fingerprint density at radius 2 is 2.04 bits per heavy atom. The van der Waals surface area contributed by atoms with E-state index >= 15 is 0 Å². The highest BCUT2D eigenvalue weighted by atomic mass is 32.2. The number of hydrogen-bond donors (Lipinski definition) is 1. The van der Waals surface area contributed by atoms with Crippen LogP contribution in [0.5, 0.6) is 0 Å². The molecule has 2 saturated heterocycles. The highest BCUT2D eigenvalue weighted by molar-refractivity contribution is 7.89. The Morgan fingerprint density at radius 1 is 1.31 bits per heavy atom. The Morgan fingerprint density at radius 3 is 2.65 bits per heavy atom. The van der Waals surface area contributed by atoms with E-state index in [9.17, 15) is 18.5 Å². The minimum atomic E-state index is -3.74. The second-order valence-corrected chi connectivity index (χ2v) is 8.60. The van der Waals surface area contributed by atoms with E-state index < -0.39 is 14.9 Å². The lowest BCUT2D eigenvalue weighted by Crippen LogP contribution is -2.47. The van der Waals surface area contributed by atoms with Gasteiger partial charge in [0.05, 0.1) is 15.9 Å². The summed E-state index contributed by atoms with van der Waals surface area (Å²) in [6, 6.07) is 4.04. The average molecular weight is 384 g/mol. The summed E-state index contributed by atoms with van der Waals surface area (Å²) < 4.78 is 32.5. The van der Waals surface area contributed by atoms with Crippen LogP contribution in [0.15, 0.2) is 23.1 Å². The van der Waals surface area contributed by atoms with Crippen molar-refractivity contribution in [2.24, 2.45) is 0 Å². The molecule has 0 aromatic heterocycles. The molecule has 1 unspecified atom stereocenters. The van der Waals surface area contributed by atoms with Gasteiger partial charge in [-0.3, -0.25) is 10.1 Å². The molecule has 1 atom stereocenters. The van der Waals surface area contributed by atoms with Crippen LogP contribution in [0.25, 0.3) is 0 Å². The molecule has 0 saturated carbocycles. The van der Waals surface area contributed by atoms with Crippen LogP contribution in [0.4, 0.5) is 11.4 Å². The minimum absolute atomic E-state index is 0.0309. The molecule has 26 heavy (non-hydrogen) atoms. The number of benzene rings is 1. The molecule has 3 rings (SSSR count). The van der Waals surface area contributed by atoms with Gasteiger partial charge in [0.15, 0.2) is 0 Å². The van der Waals surface area contributed by atoms with Crippen LogP contribution in [-0.4, -0.2) is 75.0 Å². The van der Waals surface area contributed by atoms with Gasteiger partial charge in [0.25, 0.3) is 5.69 Å². The molecule has 0 amide bonds. The number of nitro benzene ring substituents is 1. The molecular weight excluding hydrogens is 360 g/mol. The first kappa shape index (κ1) is 19.0. The molecule has 144 valence electrons. The van der Waals surface area contributed by atoms with Crippen LogP contribution >= 0.6 is 0 Å². The van der Waals surface area contributed by atoms with Crippen LogP contribution in [0.1, 0.15) is 12.8 Å². The van der Waals surface area contributed by atoms with Crippen LogP contribution in [0, 0.1) is 10.1 Å². The van der Waals surface area contributed by atoms with Crippen molar-refractivity contribution >= 4 is 21.4 Å². The summed E-state index contributed by atoms with van der Waals surface area (Å²) in [5, 5.41) is 14.5.